The molecule has 1 saturated heterocycles. The van der Waals surface area contributed by atoms with Crippen LogP contribution in [0.2, 0.25) is 0 Å². The number of likely N-dealkylation sites (tertiary alicyclic amines) is 1. The number of rotatable bonds is 4. The van der Waals surface area contributed by atoms with Gasteiger partial charge >= 0.3 is 0 Å². The monoisotopic (exact) mass is 417 g/mol. The third-order valence-electron chi connectivity index (χ3n) is 5.42. The number of aromatic nitrogens is 3. The van der Waals surface area contributed by atoms with Gasteiger partial charge in [0.2, 0.25) is 5.91 Å². The highest BCUT2D eigenvalue weighted by atomic mass is 35.5. The molecule has 27 heavy (non-hydrogen) atoms. The normalized spacial score (nSPS) is 14.7. The van der Waals surface area contributed by atoms with Gasteiger partial charge in [-0.3, -0.25) is 19.4 Å². The number of nitrogens with one attached hydrogen (secondary N) is 2. The molecular weight excluding hydrogens is 389 g/mol. The minimum absolute atomic E-state index is 0. The molecule has 9 heteroatoms. The van der Waals surface area contributed by atoms with Crippen LogP contribution in [0.4, 0.5) is 0 Å². The van der Waals surface area contributed by atoms with E-state index in [0.717, 1.165) is 42.8 Å². The molecule has 1 aliphatic heterocycles. The van der Waals surface area contributed by atoms with Gasteiger partial charge in [-0.1, -0.05) is 0 Å². The van der Waals surface area contributed by atoms with E-state index in [1.165, 1.54) is 0 Å². The number of amides is 1. The first-order valence-corrected chi connectivity index (χ1v) is 8.92. The maximum Gasteiger partial charge on any atom is 0.273 e. The number of pyridine rings is 1. The van der Waals surface area contributed by atoms with Crippen molar-refractivity contribution >= 4 is 41.8 Å². The van der Waals surface area contributed by atoms with E-state index in [-0.39, 0.29) is 36.3 Å². The Kier molecular flexibility index (Phi) is 8.32. The Morgan fingerprint density at radius 1 is 1.26 bits per heavy atom. The number of carbonyl (C=O) groups is 1. The summed E-state index contributed by atoms with van der Waals surface area (Å²) in [5.41, 5.74) is 3.39. The van der Waals surface area contributed by atoms with E-state index in [2.05, 4.69) is 15.4 Å². The minimum atomic E-state index is -0.121. The maximum absolute atomic E-state index is 12.5. The van der Waals surface area contributed by atoms with E-state index >= 15 is 0 Å². The molecule has 3 rings (SSSR count). The van der Waals surface area contributed by atoms with Crippen LogP contribution in [0.25, 0.3) is 11.0 Å². The van der Waals surface area contributed by atoms with E-state index in [1.54, 1.807) is 11.7 Å². The van der Waals surface area contributed by atoms with E-state index in [4.69, 9.17) is 0 Å². The Labute approximate surface area is 171 Å². The summed E-state index contributed by atoms with van der Waals surface area (Å²) in [7, 11) is 3.76. The molecule has 0 aromatic carbocycles. The van der Waals surface area contributed by atoms with Crippen molar-refractivity contribution in [2.24, 2.45) is 7.05 Å². The molecule has 0 saturated carbocycles. The highest BCUT2D eigenvalue weighted by molar-refractivity contribution is 5.85. The van der Waals surface area contributed by atoms with Crippen molar-refractivity contribution in [3.8, 4) is 0 Å². The predicted molar refractivity (Wildman–Crippen MR) is 112 cm³/mol. The van der Waals surface area contributed by atoms with Gasteiger partial charge in [0, 0.05) is 38.3 Å². The Balaban J connectivity index is 0.00000182. The maximum atomic E-state index is 12.5. The Morgan fingerprint density at radius 2 is 1.89 bits per heavy atom. The summed E-state index contributed by atoms with van der Waals surface area (Å²) in [5.74, 6) is 0.190. The second-order valence-electron chi connectivity index (χ2n) is 6.94. The number of carbonyl (C=O) groups excluding carboxylic acids is 1. The summed E-state index contributed by atoms with van der Waals surface area (Å²) >= 11 is 0. The standard InChI is InChI=1S/C18H27N5O2.2ClH/c1-11-14(12(2)20-17-16(11)18(25)21-22(17)4)5-6-15(24)23-9-7-13(19-3)8-10-23;;/h13,19H,5-10H2,1-4H3,(H,21,25);2*1H. The van der Waals surface area contributed by atoms with Gasteiger partial charge in [-0.25, -0.2) is 4.98 Å². The molecule has 0 unspecified atom stereocenters. The van der Waals surface area contributed by atoms with Gasteiger partial charge in [0.05, 0.1) is 5.39 Å². The summed E-state index contributed by atoms with van der Waals surface area (Å²) in [5, 5.41) is 6.66. The number of hydrogen-bond acceptors (Lipinski definition) is 4. The molecule has 0 aliphatic carbocycles. The third-order valence-corrected chi connectivity index (χ3v) is 5.42. The Hall–Kier alpha value is -1.57. The van der Waals surface area contributed by atoms with Gasteiger partial charge in [0.15, 0.2) is 5.65 Å². The van der Waals surface area contributed by atoms with Crippen LogP contribution >= 0.6 is 24.8 Å². The molecule has 0 spiro atoms. The van der Waals surface area contributed by atoms with Gasteiger partial charge in [0.25, 0.3) is 5.56 Å². The number of hydrogen-bond donors (Lipinski definition) is 2. The summed E-state index contributed by atoms with van der Waals surface area (Å²) in [4.78, 5) is 31.2. The molecule has 0 atom stereocenters. The lowest BCUT2D eigenvalue weighted by Gasteiger charge is -2.32. The quantitative estimate of drug-likeness (QED) is 0.794. The summed E-state index contributed by atoms with van der Waals surface area (Å²) in [6, 6.07) is 0.518. The van der Waals surface area contributed by atoms with Gasteiger partial charge in [-0.05, 0) is 51.3 Å². The van der Waals surface area contributed by atoms with Crippen molar-refractivity contribution in [2.45, 2.75) is 45.6 Å². The van der Waals surface area contributed by atoms with Crippen LogP contribution in [0.3, 0.4) is 0 Å². The van der Waals surface area contributed by atoms with Crippen LogP contribution in [-0.4, -0.2) is 51.8 Å². The second-order valence-corrected chi connectivity index (χ2v) is 6.94. The largest absolute Gasteiger partial charge is 0.343 e. The summed E-state index contributed by atoms with van der Waals surface area (Å²) < 4.78 is 1.65. The summed E-state index contributed by atoms with van der Waals surface area (Å²) in [6.07, 6.45) is 3.10. The van der Waals surface area contributed by atoms with Crippen LogP contribution < -0.4 is 10.9 Å². The van der Waals surface area contributed by atoms with Gasteiger partial charge < -0.3 is 10.2 Å². The number of aryl methyl sites for hydroxylation is 3. The molecule has 152 valence electrons. The molecule has 3 heterocycles. The van der Waals surface area contributed by atoms with Crippen molar-refractivity contribution in [1.29, 1.82) is 0 Å². The van der Waals surface area contributed by atoms with Crippen molar-refractivity contribution in [1.82, 2.24) is 25.0 Å². The zero-order valence-electron chi connectivity index (χ0n) is 16.3. The minimum Gasteiger partial charge on any atom is -0.343 e. The van der Waals surface area contributed by atoms with Crippen LogP contribution in [-0.2, 0) is 18.3 Å². The lowest BCUT2D eigenvalue weighted by molar-refractivity contribution is -0.132. The second kappa shape index (κ2) is 9.57. The molecule has 0 radical (unpaired) electrons. The first kappa shape index (κ1) is 23.5. The van der Waals surface area contributed by atoms with Crippen molar-refractivity contribution < 1.29 is 4.79 Å². The predicted octanol–water partition coefficient (Wildman–Crippen LogP) is 1.87. The number of fused-ring (bicyclic) bond motifs is 1. The van der Waals surface area contributed by atoms with Crippen molar-refractivity contribution in [3.05, 3.63) is 27.2 Å². The number of aromatic amines is 1. The summed E-state index contributed by atoms with van der Waals surface area (Å²) in [6.45, 7) is 5.53. The van der Waals surface area contributed by atoms with Gasteiger partial charge in [-0.2, -0.15) is 0 Å². The molecule has 2 aromatic rings. The highest BCUT2D eigenvalue weighted by Gasteiger charge is 2.22. The number of halogens is 2. The molecule has 1 amide bonds. The Bertz CT molecular complexity index is 854. The lowest BCUT2D eigenvalue weighted by Crippen LogP contribution is -2.44. The molecule has 2 N–H and O–H groups in total. The number of nitrogens with zero attached hydrogens (tertiary/aromatic N) is 3. The van der Waals surface area contributed by atoms with Crippen LogP contribution in [0, 0.1) is 13.8 Å². The first-order valence-electron chi connectivity index (χ1n) is 8.92. The van der Waals surface area contributed by atoms with Gasteiger partial charge in [0.1, 0.15) is 0 Å². The van der Waals surface area contributed by atoms with E-state index in [0.29, 0.717) is 29.9 Å². The highest BCUT2D eigenvalue weighted by Crippen LogP contribution is 2.21. The molecule has 7 nitrogen and oxygen atoms in total. The average molecular weight is 418 g/mol. The smallest absolute Gasteiger partial charge is 0.273 e. The topological polar surface area (TPSA) is 83.0 Å². The first-order chi connectivity index (χ1) is 11.9. The zero-order valence-corrected chi connectivity index (χ0v) is 17.9. The molecule has 0 bridgehead atoms. The SMILES string of the molecule is CNC1CCN(C(=O)CCc2c(C)nc3c(c2C)c(=O)[nH]n3C)CC1.Cl.Cl. The van der Waals surface area contributed by atoms with E-state index in [9.17, 15) is 9.59 Å². The lowest BCUT2D eigenvalue weighted by atomic mass is 9.99. The van der Waals surface area contributed by atoms with Gasteiger partial charge in [-0.15, -0.1) is 24.8 Å². The molecule has 1 aliphatic rings. The van der Waals surface area contributed by atoms with E-state index < -0.39 is 0 Å². The number of piperidine rings is 1. The fraction of sp³-hybridized carbons (Fsp3) is 0.611. The fourth-order valence-corrected chi connectivity index (χ4v) is 3.82. The molecular formula is C18H29Cl2N5O2. The fourth-order valence-electron chi connectivity index (χ4n) is 3.82. The zero-order chi connectivity index (χ0) is 18.1. The van der Waals surface area contributed by atoms with Crippen LogP contribution in [0.1, 0.15) is 36.1 Å². The van der Waals surface area contributed by atoms with Crippen LogP contribution in [0.5, 0.6) is 0 Å². The number of H-pyrrole nitrogens is 1. The third kappa shape index (κ3) is 4.65. The van der Waals surface area contributed by atoms with Crippen molar-refractivity contribution in [3.63, 3.8) is 0 Å². The molecule has 1 fully saturated rings. The Morgan fingerprint density at radius 3 is 2.48 bits per heavy atom. The van der Waals surface area contributed by atoms with Crippen LogP contribution in [0.15, 0.2) is 4.79 Å². The average Bonchev–Trinajstić information content (AvgIpc) is 2.88. The van der Waals surface area contributed by atoms with Crippen molar-refractivity contribution in [2.75, 3.05) is 20.1 Å². The molecule has 2 aromatic heterocycles. The van der Waals surface area contributed by atoms with E-state index in [1.807, 2.05) is 25.8 Å².